The topological polar surface area (TPSA) is 17.1 Å². The Hall–Kier alpha value is -0.770. The van der Waals surface area contributed by atoms with E-state index in [1.54, 1.807) is 12.0 Å². The van der Waals surface area contributed by atoms with E-state index >= 15 is 0 Å². The van der Waals surface area contributed by atoms with Crippen LogP contribution in [0.2, 0.25) is 0 Å². The molecular weight excluding hydrogens is 184 g/mol. The van der Waals surface area contributed by atoms with E-state index in [9.17, 15) is 4.79 Å². The van der Waals surface area contributed by atoms with Gasteiger partial charge in [0.2, 0.25) is 0 Å². The van der Waals surface area contributed by atoms with E-state index in [-0.39, 0.29) is 0 Å². The smallest absolute Gasteiger partial charge is 0.176 e. The quantitative estimate of drug-likeness (QED) is 0.294. The summed E-state index contributed by atoms with van der Waals surface area (Å²) in [5.41, 5.74) is 2.44. The van der Waals surface area contributed by atoms with E-state index in [1.807, 2.05) is 0 Å². The predicted molar refractivity (Wildman–Crippen MR) is 65.6 cm³/mol. The second-order valence-electron chi connectivity index (χ2n) is 4.07. The fourth-order valence-corrected chi connectivity index (χ4v) is 1.67. The van der Waals surface area contributed by atoms with Crippen molar-refractivity contribution in [3.8, 4) is 0 Å². The third-order valence-corrected chi connectivity index (χ3v) is 2.61. The maximum absolute atomic E-state index is 9.80. The molecule has 86 valence electrons. The van der Waals surface area contributed by atoms with Crippen LogP contribution in [0.3, 0.4) is 0 Å². The highest BCUT2D eigenvalue weighted by Gasteiger charge is 1.90. The lowest BCUT2D eigenvalue weighted by Crippen LogP contribution is -1.80. The van der Waals surface area contributed by atoms with Crippen molar-refractivity contribution in [1.29, 1.82) is 0 Å². The van der Waals surface area contributed by atoms with Crippen LogP contribution in [0.4, 0.5) is 0 Å². The lowest BCUT2D eigenvalue weighted by molar-refractivity contribution is 0.566. The van der Waals surface area contributed by atoms with Crippen LogP contribution in [0.1, 0.15) is 71.1 Å². The first-order valence-corrected chi connectivity index (χ1v) is 6.36. The van der Waals surface area contributed by atoms with Gasteiger partial charge in [-0.2, -0.15) is 0 Å². The third-order valence-electron chi connectivity index (χ3n) is 2.61. The molecule has 0 heterocycles. The predicted octanol–water partition coefficient (Wildman–Crippen LogP) is 4.45. The summed E-state index contributed by atoms with van der Waals surface area (Å²) in [6.07, 6.45) is 14.9. The second-order valence-corrected chi connectivity index (χ2v) is 4.07. The maximum Gasteiger partial charge on any atom is 0.176 e. The molecule has 0 fully saturated rings. The summed E-state index contributed by atoms with van der Waals surface area (Å²) in [6.45, 7) is 2.25. The van der Waals surface area contributed by atoms with Crippen molar-refractivity contribution in [2.24, 2.45) is 0 Å². The van der Waals surface area contributed by atoms with Gasteiger partial charge in [-0.05, 0) is 24.6 Å². The van der Waals surface area contributed by atoms with Crippen molar-refractivity contribution >= 4 is 5.94 Å². The Morgan fingerprint density at radius 1 is 0.867 bits per heavy atom. The van der Waals surface area contributed by atoms with Crippen molar-refractivity contribution in [3.05, 3.63) is 11.8 Å². The fourth-order valence-electron chi connectivity index (χ4n) is 1.67. The standard InChI is InChI=1S/C14H24O/c1-2-3-4-5-6-7-8-9-10-11-12-13-14-15/h12H,2-11H2,1H3. The fraction of sp³-hybridized carbons (Fsp3) is 0.786. The number of unbranched alkanes of at least 4 members (excludes halogenated alkanes) is 9. The van der Waals surface area contributed by atoms with Crippen LogP contribution in [0.5, 0.6) is 0 Å². The number of hydrogen-bond acceptors (Lipinski definition) is 1. The molecule has 0 rings (SSSR count). The summed E-state index contributed by atoms with van der Waals surface area (Å²) in [5, 5.41) is 0. The Morgan fingerprint density at radius 3 is 1.93 bits per heavy atom. The van der Waals surface area contributed by atoms with Gasteiger partial charge in [-0.1, -0.05) is 58.3 Å². The number of carbonyl (C=O) groups excluding carboxylic acids is 1. The zero-order chi connectivity index (χ0) is 11.2. The molecule has 0 aromatic carbocycles. The lowest BCUT2D eigenvalue weighted by atomic mass is 10.1. The summed E-state index contributed by atoms with van der Waals surface area (Å²) in [5.74, 6) is 1.64. The molecule has 0 atom stereocenters. The zero-order valence-electron chi connectivity index (χ0n) is 10.1. The van der Waals surface area contributed by atoms with E-state index in [4.69, 9.17) is 0 Å². The van der Waals surface area contributed by atoms with Crippen LogP contribution in [-0.4, -0.2) is 5.94 Å². The van der Waals surface area contributed by atoms with Crippen LogP contribution in [0, 0.1) is 0 Å². The minimum absolute atomic E-state index is 0.977. The molecule has 0 amide bonds. The summed E-state index contributed by atoms with van der Waals surface area (Å²) >= 11 is 0. The minimum Gasteiger partial charge on any atom is -0.224 e. The van der Waals surface area contributed by atoms with Gasteiger partial charge >= 0.3 is 0 Å². The van der Waals surface area contributed by atoms with E-state index in [1.165, 1.54) is 57.8 Å². The van der Waals surface area contributed by atoms with Gasteiger partial charge in [-0.3, -0.25) is 0 Å². The van der Waals surface area contributed by atoms with Gasteiger partial charge in [0.1, 0.15) is 0 Å². The molecule has 0 aliphatic carbocycles. The number of rotatable bonds is 10. The first kappa shape index (κ1) is 14.2. The molecule has 0 aromatic heterocycles. The Kier molecular flexibility index (Phi) is 12.6. The van der Waals surface area contributed by atoms with Crippen LogP contribution < -0.4 is 0 Å². The molecule has 0 aromatic rings. The lowest BCUT2D eigenvalue weighted by Gasteiger charge is -2.00. The van der Waals surface area contributed by atoms with E-state index < -0.39 is 0 Å². The van der Waals surface area contributed by atoms with Crippen molar-refractivity contribution in [3.63, 3.8) is 0 Å². The summed E-state index contributed by atoms with van der Waals surface area (Å²) in [7, 11) is 0. The van der Waals surface area contributed by atoms with E-state index in [0.29, 0.717) is 0 Å². The van der Waals surface area contributed by atoms with Crippen molar-refractivity contribution in [2.75, 3.05) is 0 Å². The van der Waals surface area contributed by atoms with E-state index in [2.05, 4.69) is 12.7 Å². The van der Waals surface area contributed by atoms with Crippen LogP contribution in [-0.2, 0) is 4.79 Å². The minimum atomic E-state index is 0.977. The Morgan fingerprint density at radius 2 is 1.40 bits per heavy atom. The van der Waals surface area contributed by atoms with Crippen molar-refractivity contribution in [2.45, 2.75) is 71.1 Å². The molecule has 0 unspecified atom stereocenters. The van der Waals surface area contributed by atoms with E-state index in [0.717, 1.165) is 6.42 Å². The molecule has 0 spiro atoms. The zero-order valence-corrected chi connectivity index (χ0v) is 10.1. The Balaban J connectivity index is 2.98. The first-order valence-electron chi connectivity index (χ1n) is 6.36. The molecule has 0 aliphatic heterocycles. The molecule has 1 nitrogen and oxygen atoms in total. The highest BCUT2D eigenvalue weighted by atomic mass is 16.1. The molecule has 0 radical (unpaired) electrons. The SMILES string of the molecule is CCCCCCCCCCCC=C=C=O. The molecule has 1 heteroatoms. The number of allylic oxidation sites excluding steroid dienone is 1. The average molecular weight is 208 g/mol. The summed E-state index contributed by atoms with van der Waals surface area (Å²) in [4.78, 5) is 9.80. The monoisotopic (exact) mass is 208 g/mol. The summed E-state index contributed by atoms with van der Waals surface area (Å²) in [6, 6.07) is 0. The second kappa shape index (κ2) is 13.2. The maximum atomic E-state index is 9.80. The molecular formula is C14H24O. The third kappa shape index (κ3) is 13.2. The molecule has 0 N–H and O–H groups in total. The van der Waals surface area contributed by atoms with Crippen molar-refractivity contribution < 1.29 is 4.79 Å². The molecule has 15 heavy (non-hydrogen) atoms. The molecule has 0 saturated carbocycles. The molecule has 0 bridgehead atoms. The van der Waals surface area contributed by atoms with Gasteiger partial charge < -0.3 is 0 Å². The van der Waals surface area contributed by atoms with Gasteiger partial charge in [0.05, 0.1) is 0 Å². The normalized spacial score (nSPS) is 9.40. The largest absolute Gasteiger partial charge is 0.224 e. The highest BCUT2D eigenvalue weighted by molar-refractivity contribution is 5.43. The van der Waals surface area contributed by atoms with Gasteiger partial charge in [-0.25, -0.2) is 4.79 Å². The van der Waals surface area contributed by atoms with Crippen LogP contribution in [0.15, 0.2) is 11.8 Å². The van der Waals surface area contributed by atoms with Crippen molar-refractivity contribution in [1.82, 2.24) is 0 Å². The number of hydrogen-bond donors (Lipinski definition) is 0. The summed E-state index contributed by atoms with van der Waals surface area (Å²) < 4.78 is 0. The Bertz CT molecular complexity index is 195. The highest BCUT2D eigenvalue weighted by Crippen LogP contribution is 2.10. The van der Waals surface area contributed by atoms with Crippen LogP contribution >= 0.6 is 0 Å². The van der Waals surface area contributed by atoms with Crippen LogP contribution in [0.25, 0.3) is 0 Å². The molecule has 0 saturated heterocycles. The average Bonchev–Trinajstić information content (AvgIpc) is 2.26. The first-order chi connectivity index (χ1) is 7.41. The van der Waals surface area contributed by atoms with Gasteiger partial charge in [0.15, 0.2) is 5.94 Å². The molecule has 0 aliphatic rings. The van der Waals surface area contributed by atoms with Gasteiger partial charge in [-0.15, -0.1) is 0 Å². The van der Waals surface area contributed by atoms with Gasteiger partial charge in [0, 0.05) is 0 Å². The van der Waals surface area contributed by atoms with Gasteiger partial charge in [0.25, 0.3) is 0 Å². The Labute approximate surface area is 94.3 Å².